The highest BCUT2D eigenvalue weighted by Crippen LogP contribution is 2.30. The Morgan fingerprint density at radius 3 is 2.82 bits per heavy atom. The van der Waals surface area contributed by atoms with Gasteiger partial charge in [0.05, 0.1) is 6.07 Å². The van der Waals surface area contributed by atoms with Crippen LogP contribution in [0.25, 0.3) is 0 Å². The van der Waals surface area contributed by atoms with Crippen LogP contribution in [0, 0.1) is 11.3 Å². The minimum absolute atomic E-state index is 0.126. The zero-order valence-electron chi connectivity index (χ0n) is 10.2. The minimum atomic E-state index is -0.684. The Hall–Kier alpha value is -1.22. The van der Waals surface area contributed by atoms with Crippen molar-refractivity contribution in [3.63, 3.8) is 0 Å². The number of amides is 2. The fourth-order valence-electron chi connectivity index (χ4n) is 1.56. The van der Waals surface area contributed by atoms with E-state index >= 15 is 0 Å². The van der Waals surface area contributed by atoms with Crippen LogP contribution >= 0.6 is 11.8 Å². The summed E-state index contributed by atoms with van der Waals surface area (Å²) in [5, 5.41) is 10.6. The summed E-state index contributed by atoms with van der Waals surface area (Å²) in [7, 11) is 0. The average Bonchev–Trinajstić information content (AvgIpc) is 2.46. The van der Waals surface area contributed by atoms with Crippen molar-refractivity contribution >= 4 is 23.6 Å². The molecule has 0 radical (unpaired) electrons. The van der Waals surface area contributed by atoms with Crippen LogP contribution < -0.4 is 5.32 Å². The molecule has 0 saturated carbocycles. The molecule has 1 aliphatic rings. The highest BCUT2D eigenvalue weighted by atomic mass is 32.2. The van der Waals surface area contributed by atoms with E-state index < -0.39 is 11.8 Å². The number of nitriles is 1. The Labute approximate surface area is 106 Å². The van der Waals surface area contributed by atoms with Gasteiger partial charge in [0.1, 0.15) is 6.54 Å². The summed E-state index contributed by atoms with van der Waals surface area (Å²) in [6.07, 6.45) is 0.870. The van der Waals surface area contributed by atoms with Gasteiger partial charge >= 0.3 is 11.8 Å². The first-order valence-electron chi connectivity index (χ1n) is 5.54. The molecule has 0 aromatic rings. The third-order valence-electron chi connectivity index (χ3n) is 2.65. The van der Waals surface area contributed by atoms with Crippen molar-refractivity contribution in [2.75, 3.05) is 25.4 Å². The first-order valence-corrected chi connectivity index (χ1v) is 6.53. The smallest absolute Gasteiger partial charge is 0.311 e. The van der Waals surface area contributed by atoms with Crippen molar-refractivity contribution in [2.24, 2.45) is 0 Å². The van der Waals surface area contributed by atoms with Gasteiger partial charge in [0.2, 0.25) is 0 Å². The van der Waals surface area contributed by atoms with Gasteiger partial charge < -0.3 is 10.2 Å². The van der Waals surface area contributed by atoms with Crippen molar-refractivity contribution in [1.29, 1.82) is 5.26 Å². The zero-order chi connectivity index (χ0) is 12.9. The predicted octanol–water partition coefficient (Wildman–Crippen LogP) is 0.370. The van der Waals surface area contributed by atoms with E-state index in [1.807, 2.05) is 11.8 Å². The van der Waals surface area contributed by atoms with Crippen LogP contribution in [0.4, 0.5) is 0 Å². The lowest BCUT2D eigenvalue weighted by Crippen LogP contribution is -2.44. The highest BCUT2D eigenvalue weighted by Gasteiger charge is 2.28. The monoisotopic (exact) mass is 255 g/mol. The van der Waals surface area contributed by atoms with E-state index in [1.165, 1.54) is 0 Å². The van der Waals surface area contributed by atoms with Gasteiger partial charge in [-0.1, -0.05) is 13.8 Å². The second kappa shape index (κ2) is 5.92. The van der Waals surface area contributed by atoms with Crippen LogP contribution in [-0.4, -0.2) is 46.8 Å². The molecule has 6 heteroatoms. The van der Waals surface area contributed by atoms with Gasteiger partial charge in [-0.2, -0.15) is 17.0 Å². The zero-order valence-corrected chi connectivity index (χ0v) is 11.0. The van der Waals surface area contributed by atoms with E-state index in [-0.39, 0.29) is 11.3 Å². The van der Waals surface area contributed by atoms with Crippen molar-refractivity contribution < 1.29 is 9.59 Å². The first-order chi connectivity index (χ1) is 7.96. The Morgan fingerprint density at radius 1 is 1.47 bits per heavy atom. The summed E-state index contributed by atoms with van der Waals surface area (Å²) < 4.78 is 0.151. The maximum Gasteiger partial charge on any atom is 0.311 e. The molecule has 5 nitrogen and oxygen atoms in total. The summed E-state index contributed by atoms with van der Waals surface area (Å²) in [6, 6.07) is 1.78. The van der Waals surface area contributed by atoms with Gasteiger partial charge in [-0.25, -0.2) is 0 Å². The Morgan fingerprint density at radius 2 is 2.18 bits per heavy atom. The van der Waals surface area contributed by atoms with Crippen LogP contribution in [0.3, 0.4) is 0 Å². The fraction of sp³-hybridized carbons (Fsp3) is 0.727. The molecular weight excluding hydrogens is 238 g/mol. The number of carbonyl (C=O) groups is 2. The molecule has 0 atom stereocenters. The number of thioether (sulfide) groups is 1. The van der Waals surface area contributed by atoms with Gasteiger partial charge in [0.25, 0.3) is 0 Å². The maximum atomic E-state index is 11.8. The number of hydrogen-bond acceptors (Lipinski definition) is 4. The molecule has 0 unspecified atom stereocenters. The van der Waals surface area contributed by atoms with Gasteiger partial charge in [0, 0.05) is 23.6 Å². The van der Waals surface area contributed by atoms with E-state index in [1.54, 1.807) is 11.0 Å². The number of nitrogens with zero attached hydrogens (tertiary/aromatic N) is 2. The van der Waals surface area contributed by atoms with E-state index in [9.17, 15) is 9.59 Å². The third-order valence-corrected chi connectivity index (χ3v) is 4.02. The Bertz CT molecular complexity index is 349. The lowest BCUT2D eigenvalue weighted by Gasteiger charge is -2.22. The quantitative estimate of drug-likeness (QED) is 0.543. The van der Waals surface area contributed by atoms with Crippen LogP contribution in [0.5, 0.6) is 0 Å². The molecule has 2 amide bonds. The minimum Gasteiger partial charge on any atom is -0.335 e. The SMILES string of the molecule is CC1(C)CCN(C(=O)C(=O)NCC#N)CCS1. The molecule has 0 bridgehead atoms. The van der Waals surface area contributed by atoms with E-state index in [2.05, 4.69) is 19.2 Å². The largest absolute Gasteiger partial charge is 0.335 e. The molecule has 94 valence electrons. The number of nitrogens with one attached hydrogen (secondary N) is 1. The first kappa shape index (κ1) is 13.8. The molecule has 0 aromatic carbocycles. The second-order valence-corrected chi connectivity index (χ2v) is 6.29. The average molecular weight is 255 g/mol. The summed E-state index contributed by atoms with van der Waals surface area (Å²) in [5.41, 5.74) is 0. The molecule has 0 spiro atoms. The Kier molecular flexibility index (Phi) is 4.82. The molecule has 1 N–H and O–H groups in total. The molecule has 0 aromatic heterocycles. The van der Waals surface area contributed by atoms with E-state index in [0.717, 1.165) is 12.2 Å². The van der Waals surface area contributed by atoms with Crippen molar-refractivity contribution in [3.8, 4) is 6.07 Å². The summed E-state index contributed by atoms with van der Waals surface area (Å²) >= 11 is 1.81. The molecule has 1 saturated heterocycles. The number of carbonyl (C=O) groups excluding carboxylic acids is 2. The molecule has 1 rings (SSSR count). The van der Waals surface area contributed by atoms with Crippen molar-refractivity contribution in [2.45, 2.75) is 25.0 Å². The van der Waals surface area contributed by atoms with Gasteiger partial charge in [-0.3, -0.25) is 9.59 Å². The topological polar surface area (TPSA) is 73.2 Å². The van der Waals surface area contributed by atoms with E-state index in [4.69, 9.17) is 5.26 Å². The summed E-state index contributed by atoms with van der Waals surface area (Å²) in [5.74, 6) is -0.376. The predicted molar refractivity (Wildman–Crippen MR) is 66.4 cm³/mol. The number of hydrogen-bond donors (Lipinski definition) is 1. The van der Waals surface area contributed by atoms with E-state index in [0.29, 0.717) is 13.1 Å². The second-order valence-electron chi connectivity index (χ2n) is 4.49. The van der Waals surface area contributed by atoms with Gasteiger partial charge in [-0.15, -0.1) is 0 Å². The molecule has 0 aliphatic carbocycles. The maximum absolute atomic E-state index is 11.8. The Balaban J connectivity index is 2.53. The standard InChI is InChI=1S/C11H17N3O2S/c1-11(2)3-6-14(7-8-17-11)10(16)9(15)13-5-4-12/h3,5-8H2,1-2H3,(H,13,15). The summed E-state index contributed by atoms with van der Waals surface area (Å²) in [4.78, 5) is 24.7. The van der Waals surface area contributed by atoms with Crippen LogP contribution in [0.1, 0.15) is 20.3 Å². The molecule has 1 heterocycles. The molecular formula is C11H17N3O2S. The van der Waals surface area contributed by atoms with Gasteiger partial charge in [-0.05, 0) is 6.42 Å². The molecule has 17 heavy (non-hydrogen) atoms. The normalized spacial score (nSPS) is 19.0. The third kappa shape index (κ3) is 4.27. The lowest BCUT2D eigenvalue weighted by molar-refractivity contribution is -0.145. The fourth-order valence-corrected chi connectivity index (χ4v) is 2.66. The van der Waals surface area contributed by atoms with Crippen LogP contribution in [0.15, 0.2) is 0 Å². The van der Waals surface area contributed by atoms with Crippen LogP contribution in [0.2, 0.25) is 0 Å². The molecule has 1 aliphatic heterocycles. The van der Waals surface area contributed by atoms with Crippen molar-refractivity contribution in [3.05, 3.63) is 0 Å². The van der Waals surface area contributed by atoms with Crippen molar-refractivity contribution in [1.82, 2.24) is 10.2 Å². The van der Waals surface area contributed by atoms with Crippen LogP contribution in [-0.2, 0) is 9.59 Å². The molecule has 1 fully saturated rings. The summed E-state index contributed by atoms with van der Waals surface area (Å²) in [6.45, 7) is 5.34. The number of rotatable bonds is 1. The lowest BCUT2D eigenvalue weighted by atomic mass is 10.1. The highest BCUT2D eigenvalue weighted by molar-refractivity contribution is 8.00. The van der Waals surface area contributed by atoms with Gasteiger partial charge in [0.15, 0.2) is 0 Å².